The molecule has 0 N–H and O–H groups in total. The Labute approximate surface area is 390 Å². The maximum atomic E-state index is 6.43. The minimum Gasteiger partial charge on any atom is -0.456 e. The van der Waals surface area contributed by atoms with E-state index in [1.54, 1.807) is 0 Å². The Morgan fingerprint density at radius 2 is 0.426 bits per heavy atom. The minimum atomic E-state index is 0.902. The molecule has 0 amide bonds. The van der Waals surface area contributed by atoms with Crippen molar-refractivity contribution in [2.45, 2.75) is 0 Å². The van der Waals surface area contributed by atoms with Gasteiger partial charge in [0.2, 0.25) is 0 Å². The maximum absolute atomic E-state index is 6.43. The van der Waals surface area contributed by atoms with Gasteiger partial charge in [0.1, 0.15) is 22.3 Å². The summed E-state index contributed by atoms with van der Waals surface area (Å²) in [5, 5.41) is 19.2. The Balaban J connectivity index is 0.932. The molecule has 0 unspecified atom stereocenters. The second-order valence-corrected chi connectivity index (χ2v) is 18.2. The van der Waals surface area contributed by atoms with Crippen molar-refractivity contribution in [2.24, 2.45) is 0 Å². The van der Waals surface area contributed by atoms with Crippen LogP contribution in [0.5, 0.6) is 0 Å². The van der Waals surface area contributed by atoms with Gasteiger partial charge in [0, 0.05) is 21.5 Å². The molecule has 15 aromatic rings. The molecule has 0 radical (unpaired) electrons. The monoisotopic (exact) mass is 862 g/mol. The maximum Gasteiger partial charge on any atom is 0.136 e. The number of hydrogen-bond acceptors (Lipinski definition) is 2. The van der Waals surface area contributed by atoms with E-state index in [2.05, 4.69) is 218 Å². The molecule has 15 rings (SSSR count). The molecular weight excluding hydrogens is 825 g/mol. The molecule has 0 aliphatic rings. The number of hydrogen-bond donors (Lipinski definition) is 0. The zero-order valence-corrected chi connectivity index (χ0v) is 36.8. The molecule has 0 aliphatic heterocycles. The Hall–Kier alpha value is -8.98. The molecular formula is C66H38O2. The average Bonchev–Trinajstić information content (AvgIpc) is 3.96. The number of benzene rings is 13. The first kappa shape index (κ1) is 37.3. The van der Waals surface area contributed by atoms with Crippen LogP contribution in [0.3, 0.4) is 0 Å². The van der Waals surface area contributed by atoms with Gasteiger partial charge in [-0.2, -0.15) is 0 Å². The van der Waals surface area contributed by atoms with Gasteiger partial charge in [-0.1, -0.05) is 182 Å². The fraction of sp³-hybridized carbons (Fsp3) is 0. The van der Waals surface area contributed by atoms with Crippen LogP contribution in [0.4, 0.5) is 0 Å². The summed E-state index contributed by atoms with van der Waals surface area (Å²) in [6.45, 7) is 0. The van der Waals surface area contributed by atoms with Crippen molar-refractivity contribution < 1.29 is 8.83 Å². The van der Waals surface area contributed by atoms with Gasteiger partial charge in [0.25, 0.3) is 0 Å². The van der Waals surface area contributed by atoms with Crippen molar-refractivity contribution in [3.63, 3.8) is 0 Å². The largest absolute Gasteiger partial charge is 0.456 e. The van der Waals surface area contributed by atoms with E-state index >= 15 is 0 Å². The Morgan fingerprint density at radius 1 is 0.176 bits per heavy atom. The highest BCUT2D eigenvalue weighted by molar-refractivity contribution is 6.25. The summed E-state index contributed by atoms with van der Waals surface area (Å²) >= 11 is 0. The third-order valence-corrected chi connectivity index (χ3v) is 14.6. The summed E-state index contributed by atoms with van der Waals surface area (Å²) in [6.07, 6.45) is 0. The molecule has 314 valence electrons. The van der Waals surface area contributed by atoms with Crippen LogP contribution < -0.4 is 0 Å². The first-order valence-electron chi connectivity index (χ1n) is 23.4. The van der Waals surface area contributed by atoms with Gasteiger partial charge < -0.3 is 8.83 Å². The molecule has 0 saturated heterocycles. The van der Waals surface area contributed by atoms with Gasteiger partial charge in [-0.3, -0.25) is 0 Å². The van der Waals surface area contributed by atoms with E-state index in [1.165, 1.54) is 98.0 Å². The number of rotatable bonds is 4. The number of furan rings is 2. The van der Waals surface area contributed by atoms with Gasteiger partial charge >= 0.3 is 0 Å². The Kier molecular flexibility index (Phi) is 7.81. The van der Waals surface area contributed by atoms with E-state index in [4.69, 9.17) is 8.83 Å². The van der Waals surface area contributed by atoms with E-state index in [9.17, 15) is 0 Å². The summed E-state index contributed by atoms with van der Waals surface area (Å²) in [6, 6.07) is 84.3. The van der Waals surface area contributed by atoms with Crippen LogP contribution in [0.25, 0.3) is 153 Å². The van der Waals surface area contributed by atoms with E-state index in [0.29, 0.717) is 0 Å². The molecule has 0 aliphatic carbocycles. The summed E-state index contributed by atoms with van der Waals surface area (Å²) in [5.41, 5.74) is 13.2. The first-order valence-corrected chi connectivity index (χ1v) is 23.4. The second-order valence-electron chi connectivity index (χ2n) is 18.2. The van der Waals surface area contributed by atoms with E-state index in [1.807, 2.05) is 12.1 Å². The fourth-order valence-corrected chi connectivity index (χ4v) is 11.6. The smallest absolute Gasteiger partial charge is 0.136 e. The molecule has 0 saturated carbocycles. The van der Waals surface area contributed by atoms with Crippen LogP contribution in [0.1, 0.15) is 0 Å². The zero-order chi connectivity index (χ0) is 44.5. The van der Waals surface area contributed by atoms with E-state index in [0.717, 1.165) is 55.0 Å². The zero-order valence-electron chi connectivity index (χ0n) is 36.8. The van der Waals surface area contributed by atoms with Crippen molar-refractivity contribution in [2.75, 3.05) is 0 Å². The predicted octanol–water partition coefficient (Wildman–Crippen LogP) is 19.1. The van der Waals surface area contributed by atoms with Crippen LogP contribution >= 0.6 is 0 Å². The highest BCUT2D eigenvalue weighted by Gasteiger charge is 2.21. The van der Waals surface area contributed by atoms with Crippen molar-refractivity contribution >= 4 is 109 Å². The fourth-order valence-electron chi connectivity index (χ4n) is 11.6. The molecule has 0 bridgehead atoms. The molecule has 13 aromatic carbocycles. The SMILES string of the molecule is c1ccc2c(c1)oc1cc(-c3c4ccccc4c(-c4ccc5ccc6ccc(-c7c8ccccc8c(-c8ccc9c(c8)oc8ccccc89)c8ccccc78)cc6c5c4)c4ccccc34)ccc12. The first-order chi connectivity index (χ1) is 33.7. The van der Waals surface area contributed by atoms with Crippen LogP contribution in [0.15, 0.2) is 239 Å². The third kappa shape index (κ3) is 5.40. The van der Waals surface area contributed by atoms with Gasteiger partial charge in [0.15, 0.2) is 0 Å². The molecule has 0 spiro atoms. The van der Waals surface area contributed by atoms with Crippen LogP contribution in [0.2, 0.25) is 0 Å². The molecule has 2 heteroatoms. The lowest BCUT2D eigenvalue weighted by molar-refractivity contribution is 0.668. The quantitative estimate of drug-likeness (QED) is 0.130. The van der Waals surface area contributed by atoms with Crippen LogP contribution in [-0.4, -0.2) is 0 Å². The molecule has 68 heavy (non-hydrogen) atoms. The highest BCUT2D eigenvalue weighted by Crippen LogP contribution is 2.48. The Bertz CT molecular complexity index is 4210. The lowest BCUT2D eigenvalue weighted by Crippen LogP contribution is -1.92. The van der Waals surface area contributed by atoms with Crippen molar-refractivity contribution in [1.82, 2.24) is 0 Å². The predicted molar refractivity (Wildman–Crippen MR) is 288 cm³/mol. The lowest BCUT2D eigenvalue weighted by Gasteiger charge is -2.19. The van der Waals surface area contributed by atoms with Crippen LogP contribution in [0, 0.1) is 0 Å². The van der Waals surface area contributed by atoms with Gasteiger partial charge in [-0.25, -0.2) is 0 Å². The number of para-hydroxylation sites is 2. The molecule has 2 heterocycles. The van der Waals surface area contributed by atoms with Crippen molar-refractivity contribution in [3.05, 3.63) is 231 Å². The van der Waals surface area contributed by atoms with Gasteiger partial charge in [-0.05, 0) is 158 Å². The van der Waals surface area contributed by atoms with Crippen molar-refractivity contribution in [1.29, 1.82) is 0 Å². The third-order valence-electron chi connectivity index (χ3n) is 14.6. The molecule has 0 fully saturated rings. The number of fused-ring (bicyclic) bond motifs is 13. The molecule has 2 aromatic heterocycles. The summed E-state index contributed by atoms with van der Waals surface area (Å²) in [7, 11) is 0. The summed E-state index contributed by atoms with van der Waals surface area (Å²) in [5.74, 6) is 0. The summed E-state index contributed by atoms with van der Waals surface area (Å²) < 4.78 is 12.9. The van der Waals surface area contributed by atoms with E-state index < -0.39 is 0 Å². The van der Waals surface area contributed by atoms with Crippen LogP contribution in [-0.2, 0) is 0 Å². The van der Waals surface area contributed by atoms with Gasteiger partial charge in [0.05, 0.1) is 0 Å². The Morgan fingerprint density at radius 3 is 0.765 bits per heavy atom. The normalized spacial score (nSPS) is 12.1. The molecule has 0 atom stereocenters. The second kappa shape index (κ2) is 14.3. The van der Waals surface area contributed by atoms with E-state index in [-0.39, 0.29) is 0 Å². The topological polar surface area (TPSA) is 26.3 Å². The standard InChI is InChI=1S/C66H38O2/c1-5-19-53-49(15-1)63(50-16-2-6-20-54(50)65(53)43-31-33-47-45-13-9-11-23-59(45)67-61(47)37-43)41-29-27-39-25-26-40-28-30-42(36-58(40)57(39)35-41)64-51-17-3-7-21-55(51)66(56-22-8-4-18-52(56)64)44-32-34-48-46-14-10-12-24-60(46)68-62(48)38-44/h1-38H. The lowest BCUT2D eigenvalue weighted by atomic mass is 9.84. The summed E-state index contributed by atoms with van der Waals surface area (Å²) in [4.78, 5) is 0. The average molecular weight is 863 g/mol. The van der Waals surface area contributed by atoms with Gasteiger partial charge in [-0.15, -0.1) is 0 Å². The highest BCUT2D eigenvalue weighted by atomic mass is 16.3. The van der Waals surface area contributed by atoms with Crippen molar-refractivity contribution in [3.8, 4) is 44.5 Å². The molecule has 2 nitrogen and oxygen atoms in total. The minimum absolute atomic E-state index is 0.902.